The summed E-state index contributed by atoms with van der Waals surface area (Å²) in [5, 5.41) is 3.46. The average Bonchev–Trinajstić information content (AvgIpc) is 2.41. The van der Waals surface area contributed by atoms with Crippen LogP contribution in [-0.2, 0) is 4.79 Å². The summed E-state index contributed by atoms with van der Waals surface area (Å²) in [7, 11) is 0. The van der Waals surface area contributed by atoms with E-state index >= 15 is 0 Å². The summed E-state index contributed by atoms with van der Waals surface area (Å²) in [5.74, 6) is -0.0869. The Hall–Kier alpha value is -0.970. The molecule has 1 rings (SSSR count). The fourth-order valence-corrected chi connectivity index (χ4v) is 2.72. The smallest absolute Gasteiger partial charge is 0.224 e. The second-order valence-electron chi connectivity index (χ2n) is 4.95. The number of nitrogens with two attached hydrogens (primary N) is 1. The molecule has 1 amide bonds. The second-order valence-corrected chi connectivity index (χ2v) is 5.76. The van der Waals surface area contributed by atoms with Gasteiger partial charge in [0, 0.05) is 12.1 Å². The first-order valence-corrected chi connectivity index (χ1v) is 8.00. The van der Waals surface area contributed by atoms with Crippen LogP contribution in [0.25, 0.3) is 0 Å². The molecule has 0 aromatic heterocycles. The molecule has 0 aliphatic heterocycles. The van der Waals surface area contributed by atoms with E-state index in [4.69, 9.17) is 28.9 Å². The van der Waals surface area contributed by atoms with Crippen molar-refractivity contribution < 1.29 is 4.79 Å². The van der Waals surface area contributed by atoms with Crippen LogP contribution in [0.2, 0.25) is 10.0 Å². The number of nitrogen functional groups attached to an aromatic ring is 1. The van der Waals surface area contributed by atoms with E-state index in [1.165, 1.54) is 0 Å². The molecule has 0 aliphatic carbocycles. The van der Waals surface area contributed by atoms with Crippen molar-refractivity contribution >= 4 is 40.5 Å². The van der Waals surface area contributed by atoms with Crippen LogP contribution in [0.5, 0.6) is 0 Å². The first-order chi connectivity index (χ1) is 9.97. The monoisotopic (exact) mass is 331 g/mol. The number of hydrogen-bond acceptors (Lipinski definition) is 3. The summed E-state index contributed by atoms with van der Waals surface area (Å²) in [5.41, 5.74) is 6.53. The molecular formula is C15H23Cl2N3O. The highest BCUT2D eigenvalue weighted by molar-refractivity contribution is 6.40. The minimum absolute atomic E-state index is 0.0869. The normalized spacial score (nSPS) is 10.9. The number of benzene rings is 1. The molecule has 0 aliphatic rings. The maximum atomic E-state index is 12.0. The van der Waals surface area contributed by atoms with Crippen LogP contribution in [0.15, 0.2) is 12.1 Å². The van der Waals surface area contributed by atoms with Crippen LogP contribution < -0.4 is 11.1 Å². The molecule has 3 N–H and O–H groups in total. The highest BCUT2D eigenvalue weighted by atomic mass is 35.5. The largest absolute Gasteiger partial charge is 0.399 e. The van der Waals surface area contributed by atoms with Crippen molar-refractivity contribution in [2.45, 2.75) is 33.1 Å². The minimum atomic E-state index is -0.0869. The van der Waals surface area contributed by atoms with Crippen LogP contribution in [0, 0.1) is 0 Å². The average molecular weight is 332 g/mol. The van der Waals surface area contributed by atoms with Crippen LogP contribution in [0.1, 0.15) is 33.1 Å². The highest BCUT2D eigenvalue weighted by Crippen LogP contribution is 2.32. The van der Waals surface area contributed by atoms with Gasteiger partial charge in [0.05, 0.1) is 15.7 Å². The van der Waals surface area contributed by atoms with Gasteiger partial charge in [-0.05, 0) is 44.6 Å². The van der Waals surface area contributed by atoms with Gasteiger partial charge >= 0.3 is 0 Å². The Morgan fingerprint density at radius 3 is 2.38 bits per heavy atom. The van der Waals surface area contributed by atoms with Crippen molar-refractivity contribution in [1.82, 2.24) is 4.90 Å². The molecule has 4 nitrogen and oxygen atoms in total. The Labute approximate surface area is 136 Å². The molecule has 21 heavy (non-hydrogen) atoms. The number of carbonyl (C=O) groups excluding carboxylic acids is 1. The predicted molar refractivity (Wildman–Crippen MR) is 91.1 cm³/mol. The van der Waals surface area contributed by atoms with Crippen molar-refractivity contribution in [1.29, 1.82) is 0 Å². The van der Waals surface area contributed by atoms with Gasteiger partial charge < -0.3 is 16.0 Å². The zero-order valence-corrected chi connectivity index (χ0v) is 14.1. The quantitative estimate of drug-likeness (QED) is 0.707. The van der Waals surface area contributed by atoms with Gasteiger partial charge in [0.15, 0.2) is 0 Å². The Bertz CT molecular complexity index is 457. The van der Waals surface area contributed by atoms with Crippen LogP contribution in [0.3, 0.4) is 0 Å². The molecule has 0 unspecified atom stereocenters. The lowest BCUT2D eigenvalue weighted by atomic mass is 10.2. The maximum Gasteiger partial charge on any atom is 0.224 e. The molecule has 0 spiro atoms. The third kappa shape index (κ3) is 6.12. The number of anilines is 2. The Morgan fingerprint density at radius 1 is 1.24 bits per heavy atom. The number of halogens is 2. The lowest BCUT2D eigenvalue weighted by Crippen LogP contribution is -2.26. The van der Waals surface area contributed by atoms with Crippen molar-refractivity contribution in [3.8, 4) is 0 Å². The predicted octanol–water partition coefficient (Wildman–Crippen LogP) is 4.03. The molecule has 0 saturated carbocycles. The van der Waals surface area contributed by atoms with Gasteiger partial charge in [-0.15, -0.1) is 0 Å². The summed E-state index contributed by atoms with van der Waals surface area (Å²) in [6.45, 7) is 7.27. The third-order valence-electron chi connectivity index (χ3n) is 3.19. The summed E-state index contributed by atoms with van der Waals surface area (Å²) in [6.07, 6.45) is 2.37. The lowest BCUT2D eigenvalue weighted by molar-refractivity contribution is -0.116. The molecule has 0 atom stereocenters. The number of hydrogen-bond donors (Lipinski definition) is 2. The van der Waals surface area contributed by atoms with Gasteiger partial charge in [-0.25, -0.2) is 0 Å². The fraction of sp³-hybridized carbons (Fsp3) is 0.533. The standard InChI is InChI=1S/C15H23Cl2N3O/c1-3-7-20(4-2)8-5-6-14(21)19-15-12(16)9-11(18)10-13(15)17/h9-10H,3-8,18H2,1-2H3,(H,19,21). The Kier molecular flexibility index (Phi) is 7.86. The summed E-state index contributed by atoms with van der Waals surface area (Å²) in [6, 6.07) is 3.15. The van der Waals surface area contributed by atoms with Gasteiger partial charge in [-0.1, -0.05) is 37.0 Å². The third-order valence-corrected chi connectivity index (χ3v) is 3.79. The zero-order valence-electron chi connectivity index (χ0n) is 12.6. The Balaban J connectivity index is 2.48. The van der Waals surface area contributed by atoms with E-state index < -0.39 is 0 Å². The first-order valence-electron chi connectivity index (χ1n) is 7.24. The minimum Gasteiger partial charge on any atom is -0.399 e. The Morgan fingerprint density at radius 2 is 1.86 bits per heavy atom. The first kappa shape index (κ1) is 18.1. The van der Waals surface area contributed by atoms with E-state index in [0.29, 0.717) is 27.8 Å². The maximum absolute atomic E-state index is 12.0. The molecule has 0 heterocycles. The van der Waals surface area contributed by atoms with Crippen molar-refractivity contribution in [3.05, 3.63) is 22.2 Å². The van der Waals surface area contributed by atoms with Crippen molar-refractivity contribution in [3.63, 3.8) is 0 Å². The van der Waals surface area contributed by atoms with Crippen LogP contribution in [-0.4, -0.2) is 30.4 Å². The molecule has 118 valence electrons. The van der Waals surface area contributed by atoms with E-state index in [-0.39, 0.29) is 5.91 Å². The van der Waals surface area contributed by atoms with Crippen LogP contribution >= 0.6 is 23.2 Å². The van der Waals surface area contributed by atoms with Gasteiger partial charge in [-0.3, -0.25) is 4.79 Å². The molecule has 0 bridgehead atoms. The molecule has 0 fully saturated rings. The summed E-state index contributed by atoms with van der Waals surface area (Å²) < 4.78 is 0. The van der Waals surface area contributed by atoms with E-state index in [1.807, 2.05) is 0 Å². The highest BCUT2D eigenvalue weighted by Gasteiger charge is 2.11. The number of amides is 1. The second kappa shape index (κ2) is 9.13. The molecule has 1 aromatic rings. The molecule has 0 saturated heterocycles. The van der Waals surface area contributed by atoms with Crippen LogP contribution in [0.4, 0.5) is 11.4 Å². The number of carbonyl (C=O) groups is 1. The van der Waals surface area contributed by atoms with Crippen molar-refractivity contribution in [2.75, 3.05) is 30.7 Å². The van der Waals surface area contributed by atoms with E-state index in [1.54, 1.807) is 12.1 Å². The van der Waals surface area contributed by atoms with Crippen molar-refractivity contribution in [2.24, 2.45) is 0 Å². The SMILES string of the molecule is CCCN(CC)CCCC(=O)Nc1c(Cl)cc(N)cc1Cl. The van der Waals surface area contributed by atoms with Gasteiger partial charge in [-0.2, -0.15) is 0 Å². The van der Waals surface area contributed by atoms with Gasteiger partial charge in [0.1, 0.15) is 0 Å². The molecular weight excluding hydrogens is 309 g/mol. The summed E-state index contributed by atoms with van der Waals surface area (Å²) >= 11 is 12.1. The summed E-state index contributed by atoms with van der Waals surface area (Å²) in [4.78, 5) is 14.3. The molecule has 6 heteroatoms. The van der Waals surface area contributed by atoms with E-state index in [9.17, 15) is 4.79 Å². The zero-order chi connectivity index (χ0) is 15.8. The van der Waals surface area contributed by atoms with Gasteiger partial charge in [0.2, 0.25) is 5.91 Å². The molecule has 0 radical (unpaired) electrons. The van der Waals surface area contributed by atoms with E-state index in [2.05, 4.69) is 24.1 Å². The lowest BCUT2D eigenvalue weighted by Gasteiger charge is -2.19. The van der Waals surface area contributed by atoms with Gasteiger partial charge in [0.25, 0.3) is 0 Å². The van der Waals surface area contributed by atoms with E-state index in [0.717, 1.165) is 32.5 Å². The fourth-order valence-electron chi connectivity index (χ4n) is 2.12. The number of rotatable bonds is 8. The number of nitrogens with one attached hydrogen (secondary N) is 1. The number of nitrogens with zero attached hydrogens (tertiary/aromatic N) is 1. The topological polar surface area (TPSA) is 58.4 Å². The molecule has 1 aromatic carbocycles.